The summed E-state index contributed by atoms with van der Waals surface area (Å²) in [5, 5.41) is 7.24. The molecule has 1 aromatic carbocycles. The van der Waals surface area contributed by atoms with Crippen molar-refractivity contribution in [3.05, 3.63) is 45.7 Å². The molecule has 0 unspecified atom stereocenters. The topological polar surface area (TPSA) is 78.5 Å². The number of hydrogen-bond acceptors (Lipinski definition) is 4. The summed E-state index contributed by atoms with van der Waals surface area (Å²) in [4.78, 5) is 30.1. The van der Waals surface area contributed by atoms with Crippen LogP contribution in [0.5, 0.6) is 5.75 Å². The van der Waals surface area contributed by atoms with Crippen LogP contribution in [0.4, 0.5) is 0 Å². The minimum absolute atomic E-state index is 0.0245. The fourth-order valence-electron chi connectivity index (χ4n) is 5.13. The van der Waals surface area contributed by atoms with Gasteiger partial charge in [-0.3, -0.25) is 14.7 Å². The average Bonchev–Trinajstić information content (AvgIpc) is 3.16. The Labute approximate surface area is 210 Å². The Morgan fingerprint density at radius 1 is 1.12 bits per heavy atom. The second-order valence-electron chi connectivity index (χ2n) is 9.56. The molecule has 2 amide bonds. The van der Waals surface area contributed by atoms with Gasteiger partial charge in [-0.1, -0.05) is 22.0 Å². The largest absolute Gasteiger partial charge is 0.490 e. The molecule has 1 N–H and O–H groups in total. The zero-order chi connectivity index (χ0) is 24.1. The fraction of sp³-hybridized carbons (Fsp3) is 0.577. The van der Waals surface area contributed by atoms with Crippen LogP contribution in [0, 0.1) is 19.8 Å². The number of H-pyrrole nitrogens is 1. The van der Waals surface area contributed by atoms with Crippen LogP contribution in [0.1, 0.15) is 55.5 Å². The number of likely N-dealkylation sites (tertiary alicyclic amines) is 2. The number of hydrogen-bond donors (Lipinski definition) is 1. The highest BCUT2D eigenvalue weighted by atomic mass is 79.9. The van der Waals surface area contributed by atoms with Gasteiger partial charge in [0.25, 0.3) is 0 Å². The smallest absolute Gasteiger partial charge is 0.223 e. The molecular weight excluding hydrogens is 496 g/mol. The number of aromatic amines is 1. The predicted molar refractivity (Wildman–Crippen MR) is 135 cm³/mol. The van der Waals surface area contributed by atoms with Gasteiger partial charge in [0.05, 0.1) is 5.69 Å². The van der Waals surface area contributed by atoms with Gasteiger partial charge in [0.1, 0.15) is 11.9 Å². The molecule has 1 aromatic heterocycles. The third kappa shape index (κ3) is 6.20. The Hall–Kier alpha value is -2.35. The highest BCUT2D eigenvalue weighted by Gasteiger charge is 2.35. The maximum absolute atomic E-state index is 13.1. The Morgan fingerprint density at radius 2 is 1.91 bits per heavy atom. The van der Waals surface area contributed by atoms with Gasteiger partial charge >= 0.3 is 0 Å². The summed E-state index contributed by atoms with van der Waals surface area (Å²) < 4.78 is 7.33. The fourth-order valence-corrected chi connectivity index (χ4v) is 5.51. The zero-order valence-corrected chi connectivity index (χ0v) is 21.8. The van der Waals surface area contributed by atoms with E-state index in [1.165, 1.54) is 6.42 Å². The second-order valence-corrected chi connectivity index (χ2v) is 10.5. The minimum atomic E-state index is -0.0922. The summed E-state index contributed by atoms with van der Waals surface area (Å²) in [5.41, 5.74) is 3.10. The number of ether oxygens (including phenoxy) is 1. The molecule has 2 aliphatic rings. The number of aryl methyl sites for hydroxylation is 2. The maximum Gasteiger partial charge on any atom is 0.223 e. The van der Waals surface area contributed by atoms with Crippen LogP contribution in [-0.2, 0) is 16.0 Å². The van der Waals surface area contributed by atoms with Gasteiger partial charge in [0.15, 0.2) is 0 Å². The number of piperidine rings is 2. The SMILES string of the molecule is Cc1n[nH]c(C)c1CCC(=O)N1CC[C@H](Oc2cccc(Br)c2)[C@@H](CC(=O)N2CCCCC2)C1. The van der Waals surface area contributed by atoms with E-state index in [9.17, 15) is 9.59 Å². The first kappa shape index (κ1) is 24.8. The summed E-state index contributed by atoms with van der Waals surface area (Å²) in [6, 6.07) is 7.82. The van der Waals surface area contributed by atoms with E-state index in [-0.39, 0.29) is 23.8 Å². The molecule has 8 heteroatoms. The first-order valence-corrected chi connectivity index (χ1v) is 13.2. The van der Waals surface area contributed by atoms with Crippen LogP contribution in [0.15, 0.2) is 28.7 Å². The van der Waals surface area contributed by atoms with Gasteiger partial charge in [-0.15, -0.1) is 0 Å². The number of carbonyl (C=O) groups is 2. The van der Waals surface area contributed by atoms with Crippen molar-refractivity contribution in [2.75, 3.05) is 26.2 Å². The summed E-state index contributed by atoms with van der Waals surface area (Å²) >= 11 is 3.51. The first-order chi connectivity index (χ1) is 16.4. The van der Waals surface area contributed by atoms with Gasteiger partial charge in [0, 0.05) is 61.5 Å². The number of halogens is 1. The molecule has 34 heavy (non-hydrogen) atoms. The van der Waals surface area contributed by atoms with E-state index in [1.807, 2.05) is 47.9 Å². The highest BCUT2D eigenvalue weighted by molar-refractivity contribution is 9.10. The van der Waals surface area contributed by atoms with E-state index in [2.05, 4.69) is 26.1 Å². The van der Waals surface area contributed by atoms with Crippen molar-refractivity contribution in [1.29, 1.82) is 0 Å². The Kier molecular flexibility index (Phi) is 8.29. The van der Waals surface area contributed by atoms with Crippen molar-refractivity contribution in [2.24, 2.45) is 5.92 Å². The van der Waals surface area contributed by atoms with Crippen molar-refractivity contribution in [1.82, 2.24) is 20.0 Å². The highest BCUT2D eigenvalue weighted by Crippen LogP contribution is 2.29. The van der Waals surface area contributed by atoms with Gasteiger partial charge in [0.2, 0.25) is 11.8 Å². The number of aromatic nitrogens is 2. The number of nitrogens with one attached hydrogen (secondary N) is 1. The molecule has 7 nitrogen and oxygen atoms in total. The lowest BCUT2D eigenvalue weighted by atomic mass is 9.90. The average molecular weight is 531 g/mol. The molecule has 2 aliphatic heterocycles. The second kappa shape index (κ2) is 11.4. The van der Waals surface area contributed by atoms with Gasteiger partial charge < -0.3 is 14.5 Å². The summed E-state index contributed by atoms with van der Waals surface area (Å²) in [5.74, 6) is 1.09. The van der Waals surface area contributed by atoms with E-state index in [1.54, 1.807) is 0 Å². The normalized spacial score (nSPS) is 20.9. The van der Waals surface area contributed by atoms with Gasteiger partial charge in [-0.05, 0) is 63.3 Å². The third-order valence-electron chi connectivity index (χ3n) is 7.12. The molecule has 0 bridgehead atoms. The van der Waals surface area contributed by atoms with Crippen LogP contribution in [0.25, 0.3) is 0 Å². The van der Waals surface area contributed by atoms with Crippen molar-refractivity contribution in [3.8, 4) is 5.75 Å². The monoisotopic (exact) mass is 530 g/mol. The molecular formula is C26H35BrN4O3. The Morgan fingerprint density at radius 3 is 2.62 bits per heavy atom. The Bertz CT molecular complexity index is 982. The van der Waals surface area contributed by atoms with E-state index >= 15 is 0 Å². The summed E-state index contributed by atoms with van der Waals surface area (Å²) in [6.07, 6.45) is 5.52. The number of carbonyl (C=O) groups excluding carboxylic acids is 2. The van der Waals surface area contributed by atoms with Crippen LogP contribution < -0.4 is 4.74 Å². The van der Waals surface area contributed by atoms with Crippen LogP contribution in [-0.4, -0.2) is 64.1 Å². The van der Waals surface area contributed by atoms with Crippen LogP contribution in [0.3, 0.4) is 0 Å². The predicted octanol–water partition coefficient (Wildman–Crippen LogP) is 4.42. The molecule has 0 aliphatic carbocycles. The molecule has 2 fully saturated rings. The molecule has 2 aromatic rings. The number of nitrogens with zero attached hydrogens (tertiary/aromatic N) is 3. The van der Waals surface area contributed by atoms with E-state index < -0.39 is 0 Å². The van der Waals surface area contributed by atoms with E-state index in [0.29, 0.717) is 32.4 Å². The summed E-state index contributed by atoms with van der Waals surface area (Å²) in [7, 11) is 0. The molecule has 0 radical (unpaired) electrons. The molecule has 3 heterocycles. The summed E-state index contributed by atoms with van der Waals surface area (Å²) in [6.45, 7) is 6.85. The molecule has 0 saturated carbocycles. The number of benzene rings is 1. The maximum atomic E-state index is 13.1. The van der Waals surface area contributed by atoms with E-state index in [0.717, 1.165) is 59.5 Å². The standard InChI is InChI=1S/C26H35BrN4O3/c1-18-23(19(2)29-28-18)9-10-25(32)31-14-11-24(34-22-8-6-7-21(27)16-22)20(17-31)15-26(33)30-12-4-3-5-13-30/h6-8,16,20,24H,3-5,9-15,17H2,1-2H3,(H,28,29)/t20-,24-/m0/s1. The number of amides is 2. The van der Waals surface area contributed by atoms with Crippen molar-refractivity contribution in [2.45, 2.75) is 64.9 Å². The molecule has 4 rings (SSSR count). The molecule has 2 atom stereocenters. The molecule has 0 spiro atoms. The Balaban J connectivity index is 1.42. The van der Waals surface area contributed by atoms with E-state index in [4.69, 9.17) is 4.74 Å². The third-order valence-corrected chi connectivity index (χ3v) is 7.61. The minimum Gasteiger partial charge on any atom is -0.490 e. The number of rotatable bonds is 7. The molecule has 2 saturated heterocycles. The van der Waals surface area contributed by atoms with Crippen molar-refractivity contribution >= 4 is 27.7 Å². The van der Waals surface area contributed by atoms with Crippen LogP contribution in [0.2, 0.25) is 0 Å². The first-order valence-electron chi connectivity index (χ1n) is 12.4. The van der Waals surface area contributed by atoms with Crippen LogP contribution >= 0.6 is 15.9 Å². The van der Waals surface area contributed by atoms with Gasteiger partial charge in [-0.2, -0.15) is 5.10 Å². The molecule has 184 valence electrons. The lowest BCUT2D eigenvalue weighted by Crippen LogP contribution is -2.50. The quantitative estimate of drug-likeness (QED) is 0.574. The van der Waals surface area contributed by atoms with Crippen molar-refractivity contribution < 1.29 is 14.3 Å². The lowest BCUT2D eigenvalue weighted by molar-refractivity contribution is -0.139. The lowest BCUT2D eigenvalue weighted by Gasteiger charge is -2.39. The zero-order valence-electron chi connectivity index (χ0n) is 20.2. The van der Waals surface area contributed by atoms with Crippen molar-refractivity contribution in [3.63, 3.8) is 0 Å². The van der Waals surface area contributed by atoms with Gasteiger partial charge in [-0.25, -0.2) is 0 Å².